The van der Waals surface area contributed by atoms with Gasteiger partial charge in [-0.2, -0.15) is 21.9 Å². The predicted octanol–water partition coefficient (Wildman–Crippen LogP) is 7.86. The number of benzene rings is 6. The molecule has 0 heterocycles. The molecule has 0 aliphatic rings. The summed E-state index contributed by atoms with van der Waals surface area (Å²) in [4.78, 5) is 8.44. The molecule has 0 saturated heterocycles. The van der Waals surface area contributed by atoms with Gasteiger partial charge in [0.2, 0.25) is 5.91 Å². The number of phenols is 1. The van der Waals surface area contributed by atoms with Crippen molar-refractivity contribution < 1.29 is 90.9 Å². The molecular weight excluding hydrogens is 1110 g/mol. The second kappa shape index (κ2) is 24.0. The van der Waals surface area contributed by atoms with Crippen molar-refractivity contribution in [1.82, 2.24) is 0 Å². The van der Waals surface area contributed by atoms with Crippen LogP contribution >= 0.6 is 24.4 Å². The largest absolute Gasteiger partial charge is 0.505 e. The second-order valence-electron chi connectivity index (χ2n) is 14.4. The number of carbonyl (C=O) groups is 1. The van der Waals surface area contributed by atoms with Gasteiger partial charge in [0, 0.05) is 29.0 Å². The lowest BCUT2D eigenvalue weighted by atomic mass is 10.0. The molecule has 29 nitrogen and oxygen atoms in total. The number of sulfone groups is 1. The summed E-state index contributed by atoms with van der Waals surface area (Å²) in [5, 5.41) is 52.9. The van der Waals surface area contributed by atoms with Crippen molar-refractivity contribution in [2.45, 2.75) is 31.4 Å². The van der Waals surface area contributed by atoms with E-state index in [1.165, 1.54) is 38.3 Å². The molecule has 0 saturated carbocycles. The Labute approximate surface area is 427 Å². The summed E-state index contributed by atoms with van der Waals surface area (Å²) in [5.41, 5.74) is 11.3. The lowest BCUT2D eigenvalue weighted by molar-refractivity contribution is -0.434. The minimum absolute atomic E-state index is 0.0877. The van der Waals surface area contributed by atoms with Crippen molar-refractivity contribution in [2.24, 2.45) is 20.5 Å². The number of hydrogen-bond acceptors (Lipinski definition) is 27. The number of nitrogens with one attached hydrogen (secondary N) is 4. The van der Waals surface area contributed by atoms with Gasteiger partial charge >= 0.3 is 0 Å². The molecule has 0 aliphatic heterocycles. The Kier molecular flexibility index (Phi) is 18.3. The maximum Gasteiger partial charge on any atom is 0.296 e. The van der Waals surface area contributed by atoms with Crippen LogP contribution in [-0.2, 0) is 67.8 Å². The number of amides is 1. The van der Waals surface area contributed by atoms with Crippen LogP contribution in [-0.4, -0.2) is 83.8 Å². The zero-order chi connectivity index (χ0) is 54.0. The third kappa shape index (κ3) is 14.3. The first-order valence-corrected chi connectivity index (χ1v) is 27.3. The van der Waals surface area contributed by atoms with Gasteiger partial charge in [-0.15, -0.1) is 24.0 Å². The van der Waals surface area contributed by atoms with Gasteiger partial charge in [-0.1, -0.05) is 10.1 Å². The number of aromatic hydroxyl groups is 1. The summed E-state index contributed by atoms with van der Waals surface area (Å²) in [6, 6.07) is 19.7. The number of rotatable bonds is 24. The number of anilines is 5. The number of nitrogens with zero attached hydrogens (tertiary/aromatic N) is 4. The third-order valence-electron chi connectivity index (χ3n) is 9.55. The Morgan fingerprint density at radius 3 is 1.99 bits per heavy atom. The van der Waals surface area contributed by atoms with E-state index in [0.717, 1.165) is 36.4 Å². The van der Waals surface area contributed by atoms with Crippen molar-refractivity contribution in [2.75, 3.05) is 46.1 Å². The highest BCUT2D eigenvalue weighted by Crippen LogP contribution is 2.49. The van der Waals surface area contributed by atoms with Crippen LogP contribution in [0.15, 0.2) is 142 Å². The Morgan fingerprint density at radius 2 is 1.35 bits per heavy atom. The SMILES string of the molecule is COc1ccc(NC(C)=O)c(NNc2ccc(NS(=O)(=O)c3ccc(N=Nc4c(S(=O)(=O)O)cc5c(SOOO)cc(N=Nc6ccc(S(=O)(=O)CCOSOOO)cc6S(=O)(=O)O)c(N)c5c4O)cc3)cc2)c1. The molecule has 11 N–H and O–H groups in total. The van der Waals surface area contributed by atoms with Gasteiger partial charge in [0.25, 0.3) is 30.3 Å². The van der Waals surface area contributed by atoms with Crippen LogP contribution in [0.3, 0.4) is 0 Å². The molecule has 35 heteroatoms. The number of hydrogen-bond donors (Lipinski definition) is 10. The van der Waals surface area contributed by atoms with Crippen LogP contribution in [0, 0.1) is 0 Å². The number of ether oxygens (including phenoxy) is 1. The molecule has 1 amide bonds. The van der Waals surface area contributed by atoms with Gasteiger partial charge in [0.05, 0.1) is 75.1 Å². The fraction of sp³-hybridized carbons (Fsp3) is 0.103. The predicted molar refractivity (Wildman–Crippen MR) is 264 cm³/mol. The van der Waals surface area contributed by atoms with Crippen LogP contribution in [0.2, 0.25) is 0 Å². The first kappa shape index (κ1) is 56.5. The molecule has 0 atom stereocenters. The van der Waals surface area contributed by atoms with E-state index in [2.05, 4.69) is 60.1 Å². The Bertz CT molecular complexity index is 3600. The van der Waals surface area contributed by atoms with Crippen molar-refractivity contribution in [3.8, 4) is 11.5 Å². The Balaban J connectivity index is 1.27. The summed E-state index contributed by atoms with van der Waals surface area (Å²) < 4.78 is 144. The van der Waals surface area contributed by atoms with Gasteiger partial charge in [-0.05, 0) is 91.0 Å². The van der Waals surface area contributed by atoms with Crippen LogP contribution in [0.4, 0.5) is 51.2 Å². The first-order valence-electron chi connectivity index (χ1n) is 19.8. The zero-order valence-electron chi connectivity index (χ0n) is 37.3. The van der Waals surface area contributed by atoms with E-state index in [1.54, 1.807) is 30.3 Å². The topological polar surface area (TPSA) is 434 Å². The summed E-state index contributed by atoms with van der Waals surface area (Å²) >= 11 is 0.271. The average Bonchev–Trinajstić information content (AvgIpc) is 3.34. The number of nitrogens with two attached hydrogens (primary N) is 1. The van der Waals surface area contributed by atoms with Gasteiger partial charge in [0.15, 0.2) is 27.9 Å². The molecule has 0 fully saturated rings. The molecule has 0 spiro atoms. The summed E-state index contributed by atoms with van der Waals surface area (Å²) in [5.74, 6) is -1.61. The third-order valence-corrected chi connectivity index (χ3v) is 15.4. The van der Waals surface area contributed by atoms with Crippen LogP contribution in [0.5, 0.6) is 11.5 Å². The molecule has 0 unspecified atom stereocenters. The van der Waals surface area contributed by atoms with Crippen molar-refractivity contribution in [3.05, 3.63) is 97.1 Å². The van der Waals surface area contributed by atoms with Crippen molar-refractivity contribution >= 4 is 132 Å². The maximum atomic E-state index is 13.3. The van der Waals surface area contributed by atoms with Gasteiger partial charge < -0.3 is 26.3 Å². The molecule has 0 aromatic heterocycles. The lowest BCUT2D eigenvalue weighted by Gasteiger charge is -2.16. The number of nitrogen functional groups attached to an aromatic ring is 1. The molecule has 6 rings (SSSR count). The molecule has 74 heavy (non-hydrogen) atoms. The summed E-state index contributed by atoms with van der Waals surface area (Å²) in [7, 11) is -17.5. The van der Waals surface area contributed by atoms with E-state index >= 15 is 0 Å². The zero-order valence-corrected chi connectivity index (χ0v) is 42.2. The van der Waals surface area contributed by atoms with Gasteiger partial charge in [-0.3, -0.25) is 28.2 Å². The minimum atomic E-state index is -5.28. The van der Waals surface area contributed by atoms with E-state index in [-0.39, 0.29) is 56.8 Å². The fourth-order valence-electron chi connectivity index (χ4n) is 6.25. The Morgan fingerprint density at radius 1 is 0.703 bits per heavy atom. The number of methoxy groups -OCH3 is 1. The molecule has 0 aliphatic carbocycles. The van der Waals surface area contributed by atoms with E-state index in [4.69, 9.17) is 25.2 Å². The number of carbonyl (C=O) groups excluding carboxylic acids is 1. The first-order chi connectivity index (χ1) is 34.9. The van der Waals surface area contributed by atoms with Crippen LogP contribution in [0.25, 0.3) is 10.8 Å². The smallest absolute Gasteiger partial charge is 0.296 e. The van der Waals surface area contributed by atoms with Crippen molar-refractivity contribution in [1.29, 1.82) is 0 Å². The minimum Gasteiger partial charge on any atom is -0.505 e. The highest BCUT2D eigenvalue weighted by Gasteiger charge is 2.27. The normalized spacial score (nSPS) is 12.4. The van der Waals surface area contributed by atoms with Crippen molar-refractivity contribution in [3.63, 3.8) is 0 Å². The number of hydrazine groups is 1. The maximum absolute atomic E-state index is 13.3. The molecule has 0 bridgehead atoms. The second-order valence-corrected chi connectivity index (χ2v) is 22.2. The standard InChI is InChI=1S/C39H37N9O20S6/c1-21(49)41-29-13-9-25(63-2)17-31(29)45-42-22-3-5-24(6-4-22)48-72(55,56)26-10-7-23(8-11-26)43-47-38-35(74(60,61)62)19-28-33(69-67-65-51)20-32(37(40)36(28)39(38)50)46-44-30-14-12-27(18-34(30)73(57,58)59)71(53,54)16-15-64-70-68-66-52/h3-14,17-20,42,45,48,50-52H,15-16,40H2,1-2H3,(H,41,49)(H,57,58,59)(H,60,61,62). The highest BCUT2D eigenvalue weighted by molar-refractivity contribution is 7.95. The number of sulfonamides is 1. The molecule has 0 radical (unpaired) electrons. The van der Waals surface area contributed by atoms with E-state index in [1.807, 2.05) is 0 Å². The number of azo groups is 2. The Hall–Kier alpha value is -6.81. The number of phenolic OH excluding ortho intramolecular Hbond substituents is 1. The van der Waals surface area contributed by atoms with Crippen LogP contribution in [0.1, 0.15) is 6.92 Å². The summed E-state index contributed by atoms with van der Waals surface area (Å²) in [6.07, 6.45) is 0. The van der Waals surface area contributed by atoms with Gasteiger partial charge in [-0.25, -0.2) is 27.4 Å². The molecular formula is C39H37N9O20S6. The monoisotopic (exact) mass is 1140 g/mol. The van der Waals surface area contributed by atoms with E-state index < -0.39 is 101 Å². The quantitative estimate of drug-likeness (QED) is 0.00524. The van der Waals surface area contributed by atoms with Gasteiger partial charge in [0.1, 0.15) is 32.6 Å². The van der Waals surface area contributed by atoms with Crippen LogP contribution < -0.4 is 31.4 Å². The average molecular weight is 1140 g/mol. The molecule has 394 valence electrons. The molecule has 6 aromatic rings. The number of fused-ring (bicyclic) bond motifs is 1. The fourth-order valence-corrected chi connectivity index (χ4v) is 10.6. The molecule has 6 aromatic carbocycles. The lowest BCUT2D eigenvalue weighted by Crippen LogP contribution is -2.14. The highest BCUT2D eigenvalue weighted by atomic mass is 32.2. The van der Waals surface area contributed by atoms with E-state index in [9.17, 15) is 52.7 Å². The summed E-state index contributed by atoms with van der Waals surface area (Å²) in [6.45, 7) is 0.812. The van der Waals surface area contributed by atoms with E-state index in [0.29, 0.717) is 28.9 Å².